The molecule has 22 heavy (non-hydrogen) atoms. The second-order valence-corrected chi connectivity index (χ2v) is 6.43. The predicted octanol–water partition coefficient (Wildman–Crippen LogP) is 3.04. The van der Waals surface area contributed by atoms with E-state index >= 15 is 0 Å². The average molecular weight is 389 g/mol. The lowest BCUT2D eigenvalue weighted by Crippen LogP contribution is -2.33. The van der Waals surface area contributed by atoms with Gasteiger partial charge in [0.25, 0.3) is 0 Å². The van der Waals surface area contributed by atoms with Gasteiger partial charge in [-0.3, -0.25) is 14.2 Å². The maximum Gasteiger partial charge on any atom is 0.247 e. The van der Waals surface area contributed by atoms with Crippen molar-refractivity contribution < 1.29 is 4.79 Å². The molecular weight excluding hydrogens is 370 g/mol. The number of halogens is 2. The van der Waals surface area contributed by atoms with Crippen LogP contribution in [0.2, 0.25) is 5.02 Å². The maximum absolute atomic E-state index is 12.6. The van der Waals surface area contributed by atoms with E-state index in [1.165, 1.54) is 0 Å². The summed E-state index contributed by atoms with van der Waals surface area (Å²) < 4.78 is 4.35. The number of hydrogen-bond donors (Lipinski definition) is 0. The molecule has 2 aromatic heterocycles. The van der Waals surface area contributed by atoms with Gasteiger partial charge in [-0.05, 0) is 36.7 Å². The molecule has 0 aliphatic carbocycles. The zero-order chi connectivity index (χ0) is 16.4. The third-order valence-electron chi connectivity index (χ3n) is 3.58. The summed E-state index contributed by atoms with van der Waals surface area (Å²) in [5.74, 6) is -0.0409. The van der Waals surface area contributed by atoms with Gasteiger partial charge in [-0.15, -0.1) is 0 Å². The Morgan fingerprint density at radius 1 is 1.55 bits per heavy atom. The fourth-order valence-corrected chi connectivity index (χ4v) is 2.71. The molecule has 0 radical (unpaired) electrons. The van der Waals surface area contributed by atoms with E-state index in [4.69, 9.17) is 11.6 Å². The van der Waals surface area contributed by atoms with Gasteiger partial charge < -0.3 is 4.90 Å². The Labute approximate surface area is 143 Å². The molecule has 0 fully saturated rings. The van der Waals surface area contributed by atoms with Gasteiger partial charge in [0, 0.05) is 19.8 Å². The number of aryl methyl sites for hydroxylation is 1. The largest absolute Gasteiger partial charge is 0.338 e. The number of hydrogen-bond acceptors (Lipinski definition) is 3. The van der Waals surface area contributed by atoms with Crippen LogP contribution in [-0.2, 0) is 17.9 Å². The van der Waals surface area contributed by atoms with Gasteiger partial charge >= 0.3 is 0 Å². The average Bonchev–Trinajstić information content (AvgIpc) is 3.01. The van der Waals surface area contributed by atoms with Crippen molar-refractivity contribution in [3.8, 4) is 0 Å². The van der Waals surface area contributed by atoms with E-state index in [1.54, 1.807) is 33.7 Å². The van der Waals surface area contributed by atoms with E-state index < -0.39 is 0 Å². The van der Waals surface area contributed by atoms with Crippen molar-refractivity contribution in [1.29, 1.82) is 0 Å². The lowest BCUT2D eigenvalue weighted by molar-refractivity contribution is -0.133. The van der Waals surface area contributed by atoms with Crippen LogP contribution in [0.1, 0.15) is 31.3 Å². The Bertz CT molecular complexity index is 681. The number of nitrogens with zero attached hydrogens (tertiary/aromatic N) is 5. The highest BCUT2D eigenvalue weighted by atomic mass is 79.9. The first kappa shape index (κ1) is 17.0. The minimum Gasteiger partial charge on any atom is -0.338 e. The zero-order valence-electron chi connectivity index (χ0n) is 13.0. The first-order valence-electron chi connectivity index (χ1n) is 7.01. The summed E-state index contributed by atoms with van der Waals surface area (Å²) >= 11 is 9.56. The summed E-state index contributed by atoms with van der Waals surface area (Å²) in [5.41, 5.74) is 1.62. The van der Waals surface area contributed by atoms with Crippen LogP contribution in [0.4, 0.5) is 0 Å². The van der Waals surface area contributed by atoms with Crippen molar-refractivity contribution in [3.05, 3.63) is 33.3 Å². The molecule has 2 aromatic rings. The highest BCUT2D eigenvalue weighted by Crippen LogP contribution is 2.21. The first-order valence-corrected chi connectivity index (χ1v) is 8.18. The molecule has 0 saturated heterocycles. The van der Waals surface area contributed by atoms with E-state index in [-0.39, 0.29) is 11.9 Å². The van der Waals surface area contributed by atoms with Crippen LogP contribution in [-0.4, -0.2) is 37.4 Å². The van der Waals surface area contributed by atoms with Crippen molar-refractivity contribution in [3.63, 3.8) is 0 Å². The minimum atomic E-state index is -0.386. The van der Waals surface area contributed by atoms with Gasteiger partial charge in [-0.1, -0.05) is 11.6 Å². The maximum atomic E-state index is 12.6. The molecular formula is C14H19BrClN5O. The third-order valence-corrected chi connectivity index (χ3v) is 4.68. The van der Waals surface area contributed by atoms with Gasteiger partial charge in [0.1, 0.15) is 11.7 Å². The Kier molecular flexibility index (Phi) is 5.28. The minimum absolute atomic E-state index is 0.0409. The van der Waals surface area contributed by atoms with E-state index in [2.05, 4.69) is 26.1 Å². The fourth-order valence-electron chi connectivity index (χ4n) is 2.23. The van der Waals surface area contributed by atoms with Crippen LogP contribution in [0, 0.1) is 6.92 Å². The van der Waals surface area contributed by atoms with Crippen molar-refractivity contribution >= 4 is 33.4 Å². The number of carbonyl (C=O) groups is 1. The molecule has 8 heteroatoms. The Morgan fingerprint density at radius 2 is 2.23 bits per heavy atom. The van der Waals surface area contributed by atoms with Crippen molar-refractivity contribution in [1.82, 2.24) is 24.5 Å². The third kappa shape index (κ3) is 3.35. The second-order valence-electron chi connectivity index (χ2n) is 5.17. The van der Waals surface area contributed by atoms with Gasteiger partial charge in [0.15, 0.2) is 0 Å². The molecule has 1 amide bonds. The molecule has 0 aromatic carbocycles. The van der Waals surface area contributed by atoms with E-state index in [0.29, 0.717) is 17.3 Å². The summed E-state index contributed by atoms with van der Waals surface area (Å²) in [6, 6.07) is -0.386. The highest BCUT2D eigenvalue weighted by Gasteiger charge is 2.23. The predicted molar refractivity (Wildman–Crippen MR) is 88.8 cm³/mol. The molecule has 0 N–H and O–H groups in total. The van der Waals surface area contributed by atoms with Gasteiger partial charge in [-0.2, -0.15) is 10.2 Å². The van der Waals surface area contributed by atoms with E-state index in [1.807, 2.05) is 20.8 Å². The summed E-state index contributed by atoms with van der Waals surface area (Å²) in [5, 5.41) is 9.18. The molecule has 1 unspecified atom stereocenters. The molecule has 0 spiro atoms. The molecule has 120 valence electrons. The lowest BCUT2D eigenvalue weighted by atomic mass is 10.2. The SMILES string of the molecule is CCn1cc(Cl)c(CN(C)C(=O)C(C)n2ncc(Br)c2C)n1. The molecule has 0 aliphatic heterocycles. The van der Waals surface area contributed by atoms with Crippen LogP contribution in [0.3, 0.4) is 0 Å². The van der Waals surface area contributed by atoms with Gasteiger partial charge in [0.05, 0.1) is 27.9 Å². The normalized spacial score (nSPS) is 12.5. The van der Waals surface area contributed by atoms with E-state index in [9.17, 15) is 4.79 Å². The molecule has 0 bridgehead atoms. The smallest absolute Gasteiger partial charge is 0.247 e. The summed E-state index contributed by atoms with van der Waals surface area (Å²) in [4.78, 5) is 14.2. The quantitative estimate of drug-likeness (QED) is 0.791. The van der Waals surface area contributed by atoms with Crippen LogP contribution >= 0.6 is 27.5 Å². The zero-order valence-corrected chi connectivity index (χ0v) is 15.4. The van der Waals surface area contributed by atoms with Crippen LogP contribution in [0.25, 0.3) is 0 Å². The van der Waals surface area contributed by atoms with Crippen LogP contribution < -0.4 is 0 Å². The van der Waals surface area contributed by atoms with E-state index in [0.717, 1.165) is 16.7 Å². The monoisotopic (exact) mass is 387 g/mol. The van der Waals surface area contributed by atoms with Crippen LogP contribution in [0.15, 0.2) is 16.9 Å². The number of likely N-dealkylation sites (N-methyl/N-ethyl adjacent to an activating group) is 1. The fraction of sp³-hybridized carbons (Fsp3) is 0.500. The molecule has 2 rings (SSSR count). The van der Waals surface area contributed by atoms with Crippen molar-refractivity contribution in [2.45, 2.75) is 39.9 Å². The van der Waals surface area contributed by atoms with Gasteiger partial charge in [0.2, 0.25) is 5.91 Å². The summed E-state index contributed by atoms with van der Waals surface area (Å²) in [6.45, 7) is 6.85. The second kappa shape index (κ2) is 6.83. The molecule has 1 atom stereocenters. The van der Waals surface area contributed by atoms with Crippen molar-refractivity contribution in [2.24, 2.45) is 0 Å². The molecule has 0 aliphatic rings. The number of rotatable bonds is 5. The first-order chi connectivity index (χ1) is 10.3. The topological polar surface area (TPSA) is 56.0 Å². The van der Waals surface area contributed by atoms with Crippen LogP contribution in [0.5, 0.6) is 0 Å². The summed E-state index contributed by atoms with van der Waals surface area (Å²) in [6.07, 6.45) is 3.46. The Balaban J connectivity index is 2.11. The molecule has 2 heterocycles. The van der Waals surface area contributed by atoms with Crippen molar-refractivity contribution in [2.75, 3.05) is 7.05 Å². The van der Waals surface area contributed by atoms with Gasteiger partial charge in [-0.25, -0.2) is 0 Å². The Hall–Kier alpha value is -1.34. The summed E-state index contributed by atoms with van der Waals surface area (Å²) in [7, 11) is 1.74. The highest BCUT2D eigenvalue weighted by molar-refractivity contribution is 9.10. The Morgan fingerprint density at radius 3 is 2.73 bits per heavy atom. The number of aromatic nitrogens is 4. The molecule has 6 nitrogen and oxygen atoms in total. The standard InChI is InChI=1S/C14H19BrClN5O/c1-5-20-7-12(16)13(18-20)8-19(4)14(22)10(3)21-9(2)11(15)6-17-21/h6-7,10H,5,8H2,1-4H3. The number of carbonyl (C=O) groups excluding carboxylic acids is 1. The lowest BCUT2D eigenvalue weighted by Gasteiger charge is -2.22. The number of amides is 1. The molecule has 0 saturated carbocycles.